The van der Waals surface area contributed by atoms with Crippen molar-refractivity contribution >= 4 is 12.0 Å². The van der Waals surface area contributed by atoms with Crippen LogP contribution in [0.25, 0.3) is 0 Å². The van der Waals surface area contributed by atoms with Gasteiger partial charge in [-0.1, -0.05) is 19.8 Å². The van der Waals surface area contributed by atoms with E-state index >= 15 is 0 Å². The lowest BCUT2D eigenvalue weighted by Gasteiger charge is -2.31. The van der Waals surface area contributed by atoms with Crippen molar-refractivity contribution in [2.75, 3.05) is 26.3 Å². The first-order valence-electron chi connectivity index (χ1n) is 7.82. The van der Waals surface area contributed by atoms with Crippen LogP contribution >= 0.6 is 0 Å². The van der Waals surface area contributed by atoms with Crippen LogP contribution in [0, 0.1) is 11.3 Å². The number of hydrogen-bond donors (Lipinski definition) is 2. The van der Waals surface area contributed by atoms with Gasteiger partial charge in [-0.05, 0) is 25.2 Å². The molecule has 21 heavy (non-hydrogen) atoms. The highest BCUT2D eigenvalue weighted by Crippen LogP contribution is 2.36. The van der Waals surface area contributed by atoms with Gasteiger partial charge in [-0.25, -0.2) is 4.79 Å². The number of carboxylic acids is 1. The molecular weight excluding hydrogens is 272 g/mol. The van der Waals surface area contributed by atoms with E-state index in [-0.39, 0.29) is 24.1 Å². The second-order valence-corrected chi connectivity index (χ2v) is 6.51. The number of carboxylic acid groups (broad SMARTS) is 1. The lowest BCUT2D eigenvalue weighted by molar-refractivity contribution is -0.142. The number of rotatable bonds is 5. The zero-order valence-electron chi connectivity index (χ0n) is 12.9. The van der Waals surface area contributed by atoms with E-state index in [2.05, 4.69) is 12.2 Å². The maximum atomic E-state index is 12.4. The van der Waals surface area contributed by atoms with E-state index < -0.39 is 11.9 Å². The van der Waals surface area contributed by atoms with Gasteiger partial charge >= 0.3 is 12.0 Å². The molecular formula is C15H26N2O4. The van der Waals surface area contributed by atoms with Gasteiger partial charge in [-0.3, -0.25) is 4.79 Å². The van der Waals surface area contributed by atoms with Crippen molar-refractivity contribution in [3.8, 4) is 0 Å². The Labute approximate surface area is 125 Å². The SMILES string of the molecule is CCN(C(=O)NCC1(C)CCCC1)C1COCC1C(=O)O. The molecule has 0 aromatic rings. The number of likely N-dealkylation sites (N-methyl/N-ethyl adjacent to an activating group) is 1. The summed E-state index contributed by atoms with van der Waals surface area (Å²) in [5.74, 6) is -1.52. The van der Waals surface area contributed by atoms with Gasteiger partial charge in [0, 0.05) is 13.1 Å². The van der Waals surface area contributed by atoms with Crippen molar-refractivity contribution in [3.05, 3.63) is 0 Å². The minimum Gasteiger partial charge on any atom is -0.481 e. The van der Waals surface area contributed by atoms with Gasteiger partial charge in [0.1, 0.15) is 5.92 Å². The number of amides is 2. The summed E-state index contributed by atoms with van der Waals surface area (Å²) in [7, 11) is 0. The Morgan fingerprint density at radius 1 is 1.33 bits per heavy atom. The number of nitrogens with one attached hydrogen (secondary N) is 1. The lowest BCUT2D eigenvalue weighted by atomic mass is 9.89. The quantitative estimate of drug-likeness (QED) is 0.809. The van der Waals surface area contributed by atoms with Gasteiger partial charge in [0.15, 0.2) is 0 Å². The van der Waals surface area contributed by atoms with Gasteiger partial charge in [0.05, 0.1) is 19.3 Å². The Morgan fingerprint density at radius 2 is 2.00 bits per heavy atom. The van der Waals surface area contributed by atoms with Crippen molar-refractivity contribution in [2.24, 2.45) is 11.3 Å². The van der Waals surface area contributed by atoms with Crippen LogP contribution in [-0.2, 0) is 9.53 Å². The predicted octanol–water partition coefficient (Wildman–Crippen LogP) is 1.70. The molecule has 0 aromatic carbocycles. The monoisotopic (exact) mass is 298 g/mol. The van der Waals surface area contributed by atoms with Gasteiger partial charge in [0.2, 0.25) is 0 Å². The normalized spacial score (nSPS) is 27.5. The Balaban J connectivity index is 1.93. The van der Waals surface area contributed by atoms with Crippen molar-refractivity contribution in [3.63, 3.8) is 0 Å². The Morgan fingerprint density at radius 3 is 2.57 bits per heavy atom. The van der Waals surface area contributed by atoms with E-state index in [0.717, 1.165) is 12.8 Å². The standard InChI is InChI=1S/C15H26N2O4/c1-3-17(12-9-21-8-11(12)13(18)19)14(20)16-10-15(2)6-4-5-7-15/h11-12H,3-10H2,1-2H3,(H,16,20)(H,18,19). The summed E-state index contributed by atoms with van der Waals surface area (Å²) in [5, 5.41) is 12.2. The molecule has 120 valence electrons. The molecule has 2 fully saturated rings. The fourth-order valence-corrected chi connectivity index (χ4v) is 3.41. The molecule has 2 aliphatic rings. The van der Waals surface area contributed by atoms with Gasteiger partial charge < -0.3 is 20.1 Å². The number of ether oxygens (including phenoxy) is 1. The van der Waals surface area contributed by atoms with E-state index in [1.165, 1.54) is 12.8 Å². The maximum absolute atomic E-state index is 12.4. The lowest BCUT2D eigenvalue weighted by Crippen LogP contribution is -2.51. The average molecular weight is 298 g/mol. The Kier molecular flexibility index (Phi) is 5.08. The first-order valence-corrected chi connectivity index (χ1v) is 7.82. The highest BCUT2D eigenvalue weighted by Gasteiger charge is 2.40. The number of aliphatic carboxylic acids is 1. The second kappa shape index (κ2) is 6.64. The number of nitrogens with zero attached hydrogens (tertiary/aromatic N) is 1. The molecule has 0 radical (unpaired) electrons. The zero-order chi connectivity index (χ0) is 15.5. The molecule has 1 heterocycles. The van der Waals surface area contributed by atoms with Crippen molar-refractivity contribution in [1.82, 2.24) is 10.2 Å². The topological polar surface area (TPSA) is 78.9 Å². The van der Waals surface area contributed by atoms with E-state index in [0.29, 0.717) is 19.7 Å². The Hall–Kier alpha value is -1.30. The van der Waals surface area contributed by atoms with E-state index in [4.69, 9.17) is 4.74 Å². The van der Waals surface area contributed by atoms with Gasteiger partial charge in [0.25, 0.3) is 0 Å². The molecule has 2 amide bonds. The molecule has 2 rings (SSSR count). The summed E-state index contributed by atoms with van der Waals surface area (Å²) >= 11 is 0. The molecule has 0 aromatic heterocycles. The third kappa shape index (κ3) is 3.67. The van der Waals surface area contributed by atoms with Crippen LogP contribution in [0.4, 0.5) is 4.79 Å². The Bertz CT molecular complexity index is 393. The molecule has 1 aliphatic heterocycles. The summed E-state index contributed by atoms with van der Waals surface area (Å²) in [4.78, 5) is 25.2. The molecule has 1 saturated carbocycles. The van der Waals surface area contributed by atoms with Crippen LogP contribution in [0.15, 0.2) is 0 Å². The maximum Gasteiger partial charge on any atom is 0.317 e. The molecule has 2 N–H and O–H groups in total. The van der Waals surface area contributed by atoms with Crippen LogP contribution in [-0.4, -0.2) is 54.4 Å². The third-order valence-electron chi connectivity index (χ3n) is 4.85. The minimum atomic E-state index is -0.897. The number of carbonyl (C=O) groups is 2. The first kappa shape index (κ1) is 16.1. The molecule has 0 bridgehead atoms. The highest BCUT2D eigenvalue weighted by molar-refractivity contribution is 5.77. The van der Waals surface area contributed by atoms with Crippen molar-refractivity contribution in [2.45, 2.75) is 45.6 Å². The summed E-state index contributed by atoms with van der Waals surface area (Å²) < 4.78 is 5.26. The summed E-state index contributed by atoms with van der Waals surface area (Å²) in [5.41, 5.74) is 0.188. The zero-order valence-corrected chi connectivity index (χ0v) is 12.9. The molecule has 6 heteroatoms. The molecule has 6 nitrogen and oxygen atoms in total. The highest BCUT2D eigenvalue weighted by atomic mass is 16.5. The first-order chi connectivity index (χ1) is 9.97. The fourth-order valence-electron chi connectivity index (χ4n) is 3.41. The van der Waals surface area contributed by atoms with Crippen LogP contribution in [0.5, 0.6) is 0 Å². The molecule has 0 spiro atoms. The fraction of sp³-hybridized carbons (Fsp3) is 0.867. The van der Waals surface area contributed by atoms with E-state index in [1.54, 1.807) is 4.90 Å². The molecule has 1 saturated heterocycles. The largest absolute Gasteiger partial charge is 0.481 e. The van der Waals surface area contributed by atoms with Gasteiger partial charge in [-0.15, -0.1) is 0 Å². The second-order valence-electron chi connectivity index (χ2n) is 6.51. The number of hydrogen-bond acceptors (Lipinski definition) is 3. The predicted molar refractivity (Wildman–Crippen MR) is 78.1 cm³/mol. The average Bonchev–Trinajstić information content (AvgIpc) is 3.07. The summed E-state index contributed by atoms with van der Waals surface area (Å²) in [6.45, 7) is 5.70. The van der Waals surface area contributed by atoms with Crippen LogP contribution in [0.1, 0.15) is 39.5 Å². The third-order valence-corrected chi connectivity index (χ3v) is 4.85. The summed E-state index contributed by atoms with van der Waals surface area (Å²) in [6.07, 6.45) is 4.73. The van der Waals surface area contributed by atoms with Crippen molar-refractivity contribution in [1.29, 1.82) is 0 Å². The van der Waals surface area contributed by atoms with Crippen LogP contribution in [0.3, 0.4) is 0 Å². The number of carbonyl (C=O) groups excluding carboxylic acids is 1. The van der Waals surface area contributed by atoms with Crippen molar-refractivity contribution < 1.29 is 19.4 Å². The smallest absolute Gasteiger partial charge is 0.317 e. The minimum absolute atomic E-state index is 0.174. The molecule has 2 atom stereocenters. The molecule has 1 aliphatic carbocycles. The van der Waals surface area contributed by atoms with E-state index in [9.17, 15) is 14.7 Å². The van der Waals surface area contributed by atoms with Gasteiger partial charge in [-0.2, -0.15) is 0 Å². The summed E-state index contributed by atoms with van der Waals surface area (Å²) in [6, 6.07) is -0.545. The van der Waals surface area contributed by atoms with Crippen LogP contribution < -0.4 is 5.32 Å². The van der Waals surface area contributed by atoms with Crippen LogP contribution in [0.2, 0.25) is 0 Å². The number of urea groups is 1. The molecule has 2 unspecified atom stereocenters. The van der Waals surface area contributed by atoms with E-state index in [1.807, 2.05) is 6.92 Å².